The van der Waals surface area contributed by atoms with E-state index in [0.29, 0.717) is 35.0 Å². The summed E-state index contributed by atoms with van der Waals surface area (Å²) in [5.74, 6) is 1.45. The summed E-state index contributed by atoms with van der Waals surface area (Å²) in [7, 11) is -0.701. The molecule has 0 aliphatic rings. The van der Waals surface area contributed by atoms with Crippen LogP contribution in [0.15, 0.2) is 71.6 Å². The lowest BCUT2D eigenvalue weighted by molar-refractivity contribution is 0.288. The van der Waals surface area contributed by atoms with E-state index in [1.54, 1.807) is 30.3 Å². The van der Waals surface area contributed by atoms with Crippen molar-refractivity contribution in [3.8, 4) is 28.4 Å². The zero-order chi connectivity index (χ0) is 21.6. The van der Waals surface area contributed by atoms with Crippen molar-refractivity contribution in [1.29, 1.82) is 0 Å². The van der Waals surface area contributed by atoms with Crippen LogP contribution in [-0.2, 0) is 16.6 Å². The van der Waals surface area contributed by atoms with Crippen LogP contribution in [0.3, 0.4) is 0 Å². The van der Waals surface area contributed by atoms with E-state index in [1.807, 2.05) is 43.3 Å². The Morgan fingerprint density at radius 1 is 0.867 bits per heavy atom. The van der Waals surface area contributed by atoms with Crippen LogP contribution < -0.4 is 18.9 Å². The Hall–Kier alpha value is -3.03. The highest BCUT2D eigenvalue weighted by Crippen LogP contribution is 2.38. The number of hydrogen-bond donors (Lipinski definition) is 1. The number of benzene rings is 3. The summed E-state index contributed by atoms with van der Waals surface area (Å²) in [6, 6.07) is 19.8. The molecule has 0 aliphatic carbocycles. The van der Waals surface area contributed by atoms with Crippen LogP contribution in [0.25, 0.3) is 11.1 Å². The minimum Gasteiger partial charge on any atom is -0.493 e. The first-order valence-electron chi connectivity index (χ1n) is 9.52. The summed E-state index contributed by atoms with van der Waals surface area (Å²) in [5.41, 5.74) is 2.17. The van der Waals surface area contributed by atoms with Gasteiger partial charge in [0.05, 0.1) is 25.7 Å². The first kappa shape index (κ1) is 21.7. The lowest BCUT2D eigenvalue weighted by atomic mass is 10.1. The molecule has 0 aromatic heterocycles. The molecule has 0 amide bonds. The van der Waals surface area contributed by atoms with Crippen LogP contribution in [0.5, 0.6) is 17.2 Å². The largest absolute Gasteiger partial charge is 0.493 e. The van der Waals surface area contributed by atoms with Gasteiger partial charge in [-0.3, -0.25) is 0 Å². The normalized spacial score (nSPS) is 11.2. The predicted octanol–water partition coefficient (Wildman–Crippen LogP) is 4.25. The average molecular weight is 428 g/mol. The van der Waals surface area contributed by atoms with Crippen molar-refractivity contribution in [1.82, 2.24) is 4.72 Å². The predicted molar refractivity (Wildman–Crippen MR) is 117 cm³/mol. The first-order chi connectivity index (χ1) is 14.5. The second kappa shape index (κ2) is 9.65. The monoisotopic (exact) mass is 427 g/mol. The molecule has 1 N–H and O–H groups in total. The fraction of sp³-hybridized carbons (Fsp3) is 0.217. The lowest BCUT2D eigenvalue weighted by Crippen LogP contribution is -2.24. The highest BCUT2D eigenvalue weighted by Gasteiger charge is 2.20. The fourth-order valence-electron chi connectivity index (χ4n) is 3.14. The van der Waals surface area contributed by atoms with Gasteiger partial charge in [0.15, 0.2) is 11.5 Å². The molecular weight excluding hydrogens is 402 g/mol. The number of hydrogen-bond acceptors (Lipinski definition) is 5. The molecule has 6 nitrogen and oxygen atoms in total. The molecular formula is C23H25NO5S. The molecule has 3 aromatic rings. The van der Waals surface area contributed by atoms with Crippen LogP contribution >= 0.6 is 0 Å². The Bertz CT molecular complexity index is 1070. The summed E-state index contributed by atoms with van der Waals surface area (Å²) in [5, 5.41) is 0. The topological polar surface area (TPSA) is 73.9 Å². The number of methoxy groups -OCH3 is 2. The van der Waals surface area contributed by atoms with Crippen LogP contribution in [0.4, 0.5) is 0 Å². The maximum atomic E-state index is 13.1. The van der Waals surface area contributed by atoms with Gasteiger partial charge in [-0.25, -0.2) is 13.1 Å². The molecule has 0 atom stereocenters. The fourth-order valence-corrected chi connectivity index (χ4v) is 4.38. The molecule has 0 saturated carbocycles. The third-order valence-corrected chi connectivity index (χ3v) is 6.00. The molecule has 0 saturated heterocycles. The highest BCUT2D eigenvalue weighted by atomic mass is 32.2. The van der Waals surface area contributed by atoms with Gasteiger partial charge in [-0.15, -0.1) is 0 Å². The Morgan fingerprint density at radius 3 is 2.07 bits per heavy atom. The molecule has 158 valence electrons. The maximum Gasteiger partial charge on any atom is 0.241 e. The van der Waals surface area contributed by atoms with Crippen molar-refractivity contribution in [2.45, 2.75) is 18.4 Å². The molecule has 3 rings (SSSR count). The summed E-state index contributed by atoms with van der Waals surface area (Å²) in [6.07, 6.45) is 0. The number of ether oxygens (including phenoxy) is 3. The van der Waals surface area contributed by atoms with E-state index in [0.717, 1.165) is 5.56 Å². The van der Waals surface area contributed by atoms with Crippen molar-refractivity contribution in [2.24, 2.45) is 0 Å². The first-order valence-corrected chi connectivity index (χ1v) is 11.0. The molecule has 7 heteroatoms. The smallest absolute Gasteiger partial charge is 0.241 e. The Balaban J connectivity index is 1.90. The number of nitrogens with one attached hydrogen (secondary N) is 1. The van der Waals surface area contributed by atoms with E-state index >= 15 is 0 Å². The standard InChI is InChI=1S/C23H25NO5S/c1-4-29-23-20(27-2)14-17(15-21(23)28-3)16-24-30(25,26)22-13-9-8-12-19(22)18-10-6-5-7-11-18/h5-15,24H,4,16H2,1-3H3. The van der Waals surface area contributed by atoms with Crippen molar-refractivity contribution >= 4 is 10.0 Å². The van der Waals surface area contributed by atoms with Gasteiger partial charge in [0, 0.05) is 12.1 Å². The van der Waals surface area contributed by atoms with Gasteiger partial charge in [0.2, 0.25) is 15.8 Å². The van der Waals surface area contributed by atoms with Gasteiger partial charge in [0.25, 0.3) is 0 Å². The van der Waals surface area contributed by atoms with Crippen LogP contribution in [0, 0.1) is 0 Å². The summed E-state index contributed by atoms with van der Waals surface area (Å²) < 4.78 is 45.2. The van der Waals surface area contributed by atoms with Gasteiger partial charge in [-0.1, -0.05) is 48.5 Å². The van der Waals surface area contributed by atoms with Gasteiger partial charge in [-0.05, 0) is 36.2 Å². The molecule has 3 aromatic carbocycles. The summed E-state index contributed by atoms with van der Waals surface area (Å²) in [6.45, 7) is 2.39. The van der Waals surface area contributed by atoms with E-state index < -0.39 is 10.0 Å². The van der Waals surface area contributed by atoms with E-state index in [9.17, 15) is 8.42 Å². The van der Waals surface area contributed by atoms with E-state index in [2.05, 4.69) is 4.72 Å². The molecule has 0 unspecified atom stereocenters. The lowest BCUT2D eigenvalue weighted by Gasteiger charge is -2.16. The van der Waals surface area contributed by atoms with E-state index in [-0.39, 0.29) is 11.4 Å². The summed E-state index contributed by atoms with van der Waals surface area (Å²) in [4.78, 5) is 0.223. The molecule has 0 spiro atoms. The SMILES string of the molecule is CCOc1c(OC)cc(CNS(=O)(=O)c2ccccc2-c2ccccc2)cc1OC. The molecule has 0 radical (unpaired) electrons. The van der Waals surface area contributed by atoms with Gasteiger partial charge < -0.3 is 14.2 Å². The highest BCUT2D eigenvalue weighted by molar-refractivity contribution is 7.89. The molecule has 0 bridgehead atoms. The number of sulfonamides is 1. The third kappa shape index (κ3) is 4.75. The van der Waals surface area contributed by atoms with Gasteiger partial charge >= 0.3 is 0 Å². The van der Waals surface area contributed by atoms with Crippen molar-refractivity contribution < 1.29 is 22.6 Å². The molecule has 0 aliphatic heterocycles. The maximum absolute atomic E-state index is 13.1. The van der Waals surface area contributed by atoms with E-state index in [4.69, 9.17) is 14.2 Å². The van der Waals surface area contributed by atoms with Gasteiger partial charge in [0.1, 0.15) is 0 Å². The van der Waals surface area contributed by atoms with Crippen molar-refractivity contribution in [3.63, 3.8) is 0 Å². The second-order valence-electron chi connectivity index (χ2n) is 6.45. The average Bonchev–Trinajstić information content (AvgIpc) is 2.79. The number of rotatable bonds is 9. The summed E-state index contributed by atoms with van der Waals surface area (Å²) >= 11 is 0. The van der Waals surface area contributed by atoms with Gasteiger partial charge in [-0.2, -0.15) is 0 Å². The minimum atomic E-state index is -3.76. The van der Waals surface area contributed by atoms with Crippen molar-refractivity contribution in [2.75, 3.05) is 20.8 Å². The third-order valence-electron chi connectivity index (χ3n) is 4.54. The van der Waals surface area contributed by atoms with Crippen molar-refractivity contribution in [3.05, 3.63) is 72.3 Å². The second-order valence-corrected chi connectivity index (χ2v) is 8.18. The molecule has 30 heavy (non-hydrogen) atoms. The zero-order valence-corrected chi connectivity index (χ0v) is 18.0. The Kier molecular flexibility index (Phi) is 6.97. The molecule has 0 fully saturated rings. The van der Waals surface area contributed by atoms with Crippen LogP contribution in [0.1, 0.15) is 12.5 Å². The Morgan fingerprint density at radius 2 is 1.47 bits per heavy atom. The zero-order valence-electron chi connectivity index (χ0n) is 17.2. The van der Waals surface area contributed by atoms with Crippen LogP contribution in [0.2, 0.25) is 0 Å². The molecule has 0 heterocycles. The minimum absolute atomic E-state index is 0.0740. The Labute approximate surface area is 177 Å². The van der Waals surface area contributed by atoms with Crippen LogP contribution in [-0.4, -0.2) is 29.2 Å². The quantitative estimate of drug-likeness (QED) is 0.553. The van der Waals surface area contributed by atoms with E-state index in [1.165, 1.54) is 14.2 Å².